The Morgan fingerprint density at radius 2 is 2.15 bits per heavy atom. The zero-order valence-corrected chi connectivity index (χ0v) is 16.9. The van der Waals surface area contributed by atoms with Gasteiger partial charge in [0.05, 0.1) is 31.2 Å². The van der Waals surface area contributed by atoms with Crippen LogP contribution in [0.4, 0.5) is 0 Å². The van der Waals surface area contributed by atoms with Crippen molar-refractivity contribution in [2.24, 2.45) is 11.8 Å². The Bertz CT molecular complexity index is 778. The molecule has 5 rings (SSSR count). The molecule has 1 aromatic carbocycles. The number of carbonyl (C=O) groups is 1. The number of amides is 1. The molecule has 3 aliphatic rings. The van der Waals surface area contributed by atoms with Crippen molar-refractivity contribution in [2.45, 2.75) is 36.1 Å². The van der Waals surface area contributed by atoms with E-state index in [4.69, 9.17) is 0 Å². The molecule has 3 saturated heterocycles. The molecular weight excluding hydrogens is 358 g/mol. The molecule has 144 valence electrons. The standard InChI is InChI=1S/C20H27N5OS/c1-23(2)20(26)19-13-24-9-8-15(19)10-17(24)12-25-11-16(21-22-25)14-27-18-6-4-3-5-7-18/h3-7,11,15,17,19H,8-10,12-14H2,1-2H3/p+1/t15-,17-,19+/m1/s1. The summed E-state index contributed by atoms with van der Waals surface area (Å²) in [6.45, 7) is 3.05. The topological polar surface area (TPSA) is 55.5 Å². The number of thioether (sulfide) groups is 1. The largest absolute Gasteiger partial charge is 0.348 e. The molecule has 0 saturated carbocycles. The maximum Gasteiger partial charge on any atom is 0.231 e. The molecule has 4 atom stereocenters. The van der Waals surface area contributed by atoms with E-state index < -0.39 is 0 Å². The summed E-state index contributed by atoms with van der Waals surface area (Å²) >= 11 is 1.79. The summed E-state index contributed by atoms with van der Waals surface area (Å²) in [4.78, 5) is 17.0. The van der Waals surface area contributed by atoms with Crippen LogP contribution in [0.5, 0.6) is 0 Å². The molecule has 2 aromatic rings. The number of nitrogens with zero attached hydrogens (tertiary/aromatic N) is 4. The summed E-state index contributed by atoms with van der Waals surface area (Å²) < 4.78 is 2.00. The average Bonchev–Trinajstić information content (AvgIpc) is 3.14. The molecule has 7 heteroatoms. The van der Waals surface area contributed by atoms with Crippen molar-refractivity contribution in [2.75, 3.05) is 27.2 Å². The van der Waals surface area contributed by atoms with E-state index in [1.165, 1.54) is 17.9 Å². The minimum absolute atomic E-state index is 0.202. The lowest BCUT2D eigenvalue weighted by atomic mass is 9.75. The van der Waals surface area contributed by atoms with Gasteiger partial charge in [-0.2, -0.15) is 0 Å². The van der Waals surface area contributed by atoms with E-state index in [1.807, 2.05) is 24.8 Å². The molecule has 3 aliphatic heterocycles. The summed E-state index contributed by atoms with van der Waals surface area (Å²) in [7, 11) is 3.74. The second-order valence-corrected chi connectivity index (χ2v) is 9.02. The zero-order chi connectivity index (χ0) is 18.8. The first-order chi connectivity index (χ1) is 13.1. The summed E-state index contributed by atoms with van der Waals surface area (Å²) in [5.41, 5.74) is 1.02. The van der Waals surface area contributed by atoms with Gasteiger partial charge in [0, 0.05) is 43.8 Å². The van der Waals surface area contributed by atoms with E-state index in [-0.39, 0.29) is 5.92 Å². The third kappa shape index (κ3) is 4.19. The fraction of sp³-hybridized carbons (Fsp3) is 0.550. The van der Waals surface area contributed by atoms with Crippen LogP contribution < -0.4 is 4.90 Å². The number of hydrogen-bond donors (Lipinski definition) is 1. The smallest absolute Gasteiger partial charge is 0.231 e. The van der Waals surface area contributed by atoms with Gasteiger partial charge in [0.1, 0.15) is 6.04 Å². The molecule has 2 bridgehead atoms. The molecule has 3 fully saturated rings. The number of quaternary nitrogens is 1. The number of hydrogen-bond acceptors (Lipinski definition) is 4. The highest BCUT2D eigenvalue weighted by molar-refractivity contribution is 7.98. The highest BCUT2D eigenvalue weighted by atomic mass is 32.2. The van der Waals surface area contributed by atoms with Crippen molar-refractivity contribution in [3.8, 4) is 0 Å². The lowest BCUT2D eigenvalue weighted by Crippen LogP contribution is -3.20. The van der Waals surface area contributed by atoms with Crippen LogP contribution in [0.2, 0.25) is 0 Å². The first kappa shape index (κ1) is 18.5. The maximum atomic E-state index is 12.4. The predicted molar refractivity (Wildman–Crippen MR) is 105 cm³/mol. The van der Waals surface area contributed by atoms with Gasteiger partial charge in [-0.3, -0.25) is 4.79 Å². The van der Waals surface area contributed by atoms with Gasteiger partial charge in [0.25, 0.3) is 0 Å². The van der Waals surface area contributed by atoms with Crippen LogP contribution in [-0.4, -0.2) is 59.0 Å². The molecule has 1 unspecified atom stereocenters. The summed E-state index contributed by atoms with van der Waals surface area (Å²) in [6.07, 6.45) is 4.38. The molecular formula is C20H28N5OS+. The van der Waals surface area contributed by atoms with E-state index in [1.54, 1.807) is 21.6 Å². The van der Waals surface area contributed by atoms with Crippen LogP contribution in [0.1, 0.15) is 18.5 Å². The average molecular weight is 387 g/mol. The second-order valence-electron chi connectivity index (χ2n) is 7.97. The normalized spacial score (nSPS) is 26.9. The highest BCUT2D eigenvalue weighted by Gasteiger charge is 2.47. The van der Waals surface area contributed by atoms with Crippen LogP contribution in [0, 0.1) is 11.8 Å². The number of benzene rings is 1. The Morgan fingerprint density at radius 1 is 1.33 bits per heavy atom. The predicted octanol–water partition coefficient (Wildman–Crippen LogP) is 0.952. The second kappa shape index (κ2) is 8.02. The monoisotopic (exact) mass is 386 g/mol. The van der Waals surface area contributed by atoms with Gasteiger partial charge in [-0.15, -0.1) is 16.9 Å². The van der Waals surface area contributed by atoms with Crippen molar-refractivity contribution in [1.82, 2.24) is 19.9 Å². The Labute approximate surface area is 164 Å². The number of piperidine rings is 3. The van der Waals surface area contributed by atoms with Gasteiger partial charge in [-0.05, 0) is 18.1 Å². The lowest BCUT2D eigenvalue weighted by molar-refractivity contribution is -0.945. The van der Waals surface area contributed by atoms with E-state index >= 15 is 0 Å². The van der Waals surface area contributed by atoms with Gasteiger partial charge in [0.15, 0.2) is 0 Å². The summed E-state index contributed by atoms with van der Waals surface area (Å²) in [5.74, 6) is 1.87. The van der Waals surface area contributed by atoms with Crippen LogP contribution in [0.25, 0.3) is 0 Å². The number of fused-ring (bicyclic) bond motifs is 3. The third-order valence-corrected chi connectivity index (χ3v) is 6.98. The molecule has 1 aromatic heterocycles. The third-order valence-electron chi connectivity index (χ3n) is 5.93. The Balaban J connectivity index is 1.33. The van der Waals surface area contributed by atoms with Crippen molar-refractivity contribution < 1.29 is 9.69 Å². The minimum Gasteiger partial charge on any atom is -0.348 e. The van der Waals surface area contributed by atoms with Gasteiger partial charge in [0.2, 0.25) is 5.91 Å². The van der Waals surface area contributed by atoms with E-state index in [0.717, 1.165) is 31.0 Å². The Morgan fingerprint density at radius 3 is 2.85 bits per heavy atom. The summed E-state index contributed by atoms with van der Waals surface area (Å²) in [5, 5.41) is 8.70. The van der Waals surface area contributed by atoms with Gasteiger partial charge >= 0.3 is 0 Å². The Hall–Kier alpha value is -1.86. The first-order valence-electron chi connectivity index (χ1n) is 9.72. The fourth-order valence-electron chi connectivity index (χ4n) is 4.53. The van der Waals surface area contributed by atoms with E-state index in [2.05, 4.69) is 40.8 Å². The highest BCUT2D eigenvalue weighted by Crippen LogP contribution is 2.28. The van der Waals surface area contributed by atoms with Crippen LogP contribution in [-0.2, 0) is 17.1 Å². The lowest BCUT2D eigenvalue weighted by Gasteiger charge is -2.46. The van der Waals surface area contributed by atoms with Gasteiger partial charge < -0.3 is 9.80 Å². The SMILES string of the molecule is CN(C)C(=O)[C@H]1C[NH+]2CC[C@@H]1C[C@@H]2Cn1cc(CSc2ccccc2)nn1. The fourth-order valence-corrected chi connectivity index (χ4v) is 5.32. The van der Waals surface area contributed by atoms with Crippen molar-refractivity contribution >= 4 is 17.7 Å². The molecule has 6 nitrogen and oxygen atoms in total. The number of aromatic nitrogens is 3. The quantitative estimate of drug-likeness (QED) is 0.751. The summed E-state index contributed by atoms with van der Waals surface area (Å²) in [6, 6.07) is 10.9. The molecule has 1 N–H and O–H groups in total. The number of nitrogens with one attached hydrogen (secondary N) is 1. The Kier molecular flexibility index (Phi) is 5.50. The van der Waals surface area contributed by atoms with Crippen molar-refractivity contribution in [1.29, 1.82) is 0 Å². The minimum atomic E-state index is 0.202. The van der Waals surface area contributed by atoms with Gasteiger partial charge in [-0.1, -0.05) is 23.4 Å². The molecule has 0 spiro atoms. The molecule has 1 amide bonds. The molecule has 4 heterocycles. The van der Waals surface area contributed by atoms with Crippen molar-refractivity contribution in [3.63, 3.8) is 0 Å². The number of carbonyl (C=O) groups excluding carboxylic acids is 1. The van der Waals surface area contributed by atoms with Gasteiger partial charge in [-0.25, -0.2) is 4.68 Å². The van der Waals surface area contributed by atoms with E-state index in [9.17, 15) is 4.79 Å². The zero-order valence-electron chi connectivity index (χ0n) is 16.0. The number of rotatable bonds is 6. The van der Waals surface area contributed by atoms with E-state index in [0.29, 0.717) is 17.9 Å². The van der Waals surface area contributed by atoms with Crippen LogP contribution in [0.3, 0.4) is 0 Å². The van der Waals surface area contributed by atoms with Crippen LogP contribution in [0.15, 0.2) is 41.4 Å². The molecule has 0 aliphatic carbocycles. The first-order valence-corrected chi connectivity index (χ1v) is 10.7. The van der Waals surface area contributed by atoms with Crippen LogP contribution >= 0.6 is 11.8 Å². The maximum absolute atomic E-state index is 12.4. The molecule has 0 radical (unpaired) electrons. The van der Waals surface area contributed by atoms with Crippen molar-refractivity contribution in [3.05, 3.63) is 42.2 Å². The molecule has 27 heavy (non-hydrogen) atoms.